The lowest BCUT2D eigenvalue weighted by molar-refractivity contribution is 0.0696. The van der Waals surface area contributed by atoms with Gasteiger partial charge in [0.1, 0.15) is 11.9 Å². The maximum atomic E-state index is 10.9. The number of hydrogen-bond donors (Lipinski definition) is 1. The highest BCUT2D eigenvalue weighted by Gasteiger charge is 2.18. The monoisotopic (exact) mass is 270 g/mol. The van der Waals surface area contributed by atoms with Crippen molar-refractivity contribution < 1.29 is 14.6 Å². The van der Waals surface area contributed by atoms with Crippen LogP contribution in [0.3, 0.4) is 0 Å². The molecule has 3 heteroatoms. The number of carbonyl (C=O) groups is 1. The Bertz CT molecular complexity index is 559. The molecule has 2 aromatic carbocycles. The van der Waals surface area contributed by atoms with Crippen molar-refractivity contribution >= 4 is 5.97 Å². The van der Waals surface area contributed by atoms with Gasteiger partial charge in [0, 0.05) is 0 Å². The molecular formula is C17H18O3. The standard InChI is InChI=1S/C17H18O3/c1-12(2)16(20-15-6-4-3-5-7-15)13-8-10-14(11-9-13)17(18)19/h3-12,16H,1-2H3,(H,18,19). The molecule has 0 aliphatic rings. The molecule has 3 nitrogen and oxygen atoms in total. The minimum atomic E-state index is -0.915. The molecule has 0 saturated carbocycles. The summed E-state index contributed by atoms with van der Waals surface area (Å²) in [5, 5.41) is 8.93. The summed E-state index contributed by atoms with van der Waals surface area (Å²) >= 11 is 0. The molecule has 0 fully saturated rings. The molecule has 0 spiro atoms. The molecule has 0 heterocycles. The van der Waals surface area contributed by atoms with Crippen molar-refractivity contribution in [3.8, 4) is 5.75 Å². The molecule has 0 saturated heterocycles. The Kier molecular flexibility index (Phi) is 4.41. The van der Waals surface area contributed by atoms with Gasteiger partial charge in [0.15, 0.2) is 0 Å². The summed E-state index contributed by atoms with van der Waals surface area (Å²) in [6, 6.07) is 16.5. The number of benzene rings is 2. The first-order chi connectivity index (χ1) is 9.58. The van der Waals surface area contributed by atoms with Crippen LogP contribution in [0.5, 0.6) is 5.75 Å². The van der Waals surface area contributed by atoms with Crippen molar-refractivity contribution in [1.82, 2.24) is 0 Å². The van der Waals surface area contributed by atoms with Crippen LogP contribution in [0.25, 0.3) is 0 Å². The van der Waals surface area contributed by atoms with Crippen molar-refractivity contribution in [1.29, 1.82) is 0 Å². The van der Waals surface area contributed by atoms with E-state index in [9.17, 15) is 4.79 Å². The van der Waals surface area contributed by atoms with Crippen molar-refractivity contribution in [3.05, 3.63) is 65.7 Å². The highest BCUT2D eigenvalue weighted by atomic mass is 16.5. The van der Waals surface area contributed by atoms with Crippen LogP contribution in [0.15, 0.2) is 54.6 Å². The van der Waals surface area contributed by atoms with Gasteiger partial charge in [-0.05, 0) is 35.7 Å². The number of carboxylic acid groups (broad SMARTS) is 1. The predicted molar refractivity (Wildman–Crippen MR) is 78.1 cm³/mol. The molecule has 2 rings (SSSR count). The van der Waals surface area contributed by atoms with Crippen LogP contribution in [0.4, 0.5) is 0 Å². The fraction of sp³-hybridized carbons (Fsp3) is 0.235. The van der Waals surface area contributed by atoms with Gasteiger partial charge >= 0.3 is 5.97 Å². The first kappa shape index (κ1) is 14.1. The average molecular weight is 270 g/mol. The maximum absolute atomic E-state index is 10.9. The lowest BCUT2D eigenvalue weighted by Gasteiger charge is -2.23. The van der Waals surface area contributed by atoms with E-state index in [2.05, 4.69) is 13.8 Å². The van der Waals surface area contributed by atoms with Crippen LogP contribution in [0.1, 0.15) is 35.9 Å². The molecule has 1 unspecified atom stereocenters. The largest absolute Gasteiger partial charge is 0.485 e. The second-order valence-electron chi connectivity index (χ2n) is 5.02. The van der Waals surface area contributed by atoms with Gasteiger partial charge in [-0.3, -0.25) is 0 Å². The Morgan fingerprint density at radius 1 is 1.00 bits per heavy atom. The van der Waals surface area contributed by atoms with E-state index in [4.69, 9.17) is 9.84 Å². The van der Waals surface area contributed by atoms with Crippen LogP contribution < -0.4 is 4.74 Å². The van der Waals surface area contributed by atoms with E-state index < -0.39 is 5.97 Å². The van der Waals surface area contributed by atoms with Crippen molar-refractivity contribution in [2.75, 3.05) is 0 Å². The lowest BCUT2D eigenvalue weighted by Crippen LogP contribution is -2.14. The first-order valence-electron chi connectivity index (χ1n) is 6.63. The second-order valence-corrected chi connectivity index (χ2v) is 5.02. The van der Waals surface area contributed by atoms with E-state index in [1.807, 2.05) is 42.5 Å². The summed E-state index contributed by atoms with van der Waals surface area (Å²) < 4.78 is 6.01. The Hall–Kier alpha value is -2.29. The number of rotatable bonds is 5. The van der Waals surface area contributed by atoms with E-state index in [-0.39, 0.29) is 17.6 Å². The molecule has 104 valence electrons. The highest BCUT2D eigenvalue weighted by molar-refractivity contribution is 5.87. The van der Waals surface area contributed by atoms with Gasteiger partial charge in [0.05, 0.1) is 5.56 Å². The quantitative estimate of drug-likeness (QED) is 0.887. The van der Waals surface area contributed by atoms with Gasteiger partial charge in [-0.25, -0.2) is 4.79 Å². The molecule has 2 aromatic rings. The van der Waals surface area contributed by atoms with Crippen LogP contribution in [0.2, 0.25) is 0 Å². The van der Waals surface area contributed by atoms with Gasteiger partial charge < -0.3 is 9.84 Å². The van der Waals surface area contributed by atoms with Gasteiger partial charge in [0.25, 0.3) is 0 Å². The van der Waals surface area contributed by atoms with E-state index in [0.29, 0.717) is 0 Å². The van der Waals surface area contributed by atoms with Crippen LogP contribution >= 0.6 is 0 Å². The van der Waals surface area contributed by atoms with E-state index in [1.54, 1.807) is 12.1 Å². The zero-order valence-corrected chi connectivity index (χ0v) is 11.6. The summed E-state index contributed by atoms with van der Waals surface area (Å²) in [6.07, 6.45) is -0.0970. The van der Waals surface area contributed by atoms with Gasteiger partial charge in [-0.15, -0.1) is 0 Å². The van der Waals surface area contributed by atoms with E-state index in [1.165, 1.54) is 0 Å². The molecule has 0 radical (unpaired) electrons. The fourth-order valence-electron chi connectivity index (χ4n) is 2.05. The molecule has 0 bridgehead atoms. The zero-order valence-electron chi connectivity index (χ0n) is 11.6. The smallest absolute Gasteiger partial charge is 0.335 e. The molecule has 1 N–H and O–H groups in total. The average Bonchev–Trinajstić information content (AvgIpc) is 2.45. The topological polar surface area (TPSA) is 46.5 Å². The first-order valence-corrected chi connectivity index (χ1v) is 6.63. The van der Waals surface area contributed by atoms with Gasteiger partial charge in [-0.2, -0.15) is 0 Å². The number of aromatic carboxylic acids is 1. The molecule has 20 heavy (non-hydrogen) atoms. The summed E-state index contributed by atoms with van der Waals surface area (Å²) in [5.74, 6) is 0.181. The Morgan fingerprint density at radius 2 is 1.60 bits per heavy atom. The number of hydrogen-bond acceptors (Lipinski definition) is 2. The summed E-state index contributed by atoms with van der Waals surface area (Å²) in [4.78, 5) is 10.9. The van der Waals surface area contributed by atoms with Gasteiger partial charge in [0.2, 0.25) is 0 Å². The minimum absolute atomic E-state index is 0.0970. The Labute approximate surface area is 118 Å². The Balaban J connectivity index is 2.22. The molecule has 0 amide bonds. The zero-order chi connectivity index (χ0) is 14.5. The fourth-order valence-corrected chi connectivity index (χ4v) is 2.05. The number of carboxylic acids is 1. The van der Waals surface area contributed by atoms with E-state index in [0.717, 1.165) is 11.3 Å². The van der Waals surface area contributed by atoms with Gasteiger partial charge in [-0.1, -0.05) is 44.2 Å². The second kappa shape index (κ2) is 6.24. The highest BCUT2D eigenvalue weighted by Crippen LogP contribution is 2.28. The van der Waals surface area contributed by atoms with Crippen LogP contribution in [-0.2, 0) is 0 Å². The predicted octanol–water partition coefficient (Wildman–Crippen LogP) is 4.16. The van der Waals surface area contributed by atoms with Crippen molar-refractivity contribution in [3.63, 3.8) is 0 Å². The lowest BCUT2D eigenvalue weighted by atomic mass is 9.98. The third-order valence-corrected chi connectivity index (χ3v) is 3.10. The van der Waals surface area contributed by atoms with Crippen LogP contribution in [-0.4, -0.2) is 11.1 Å². The summed E-state index contributed by atoms with van der Waals surface area (Å²) in [7, 11) is 0. The van der Waals surface area contributed by atoms with Crippen molar-refractivity contribution in [2.24, 2.45) is 5.92 Å². The van der Waals surface area contributed by atoms with Crippen molar-refractivity contribution in [2.45, 2.75) is 20.0 Å². The number of para-hydroxylation sites is 1. The third kappa shape index (κ3) is 3.38. The molecule has 0 aliphatic heterocycles. The number of ether oxygens (including phenoxy) is 1. The SMILES string of the molecule is CC(C)C(Oc1ccccc1)c1ccc(C(=O)O)cc1. The minimum Gasteiger partial charge on any atom is -0.485 e. The van der Waals surface area contributed by atoms with E-state index >= 15 is 0 Å². The van der Waals surface area contributed by atoms with Crippen LogP contribution in [0, 0.1) is 5.92 Å². The third-order valence-electron chi connectivity index (χ3n) is 3.10. The Morgan fingerprint density at radius 3 is 2.10 bits per heavy atom. The molecule has 0 aromatic heterocycles. The summed E-state index contributed by atoms with van der Waals surface area (Å²) in [6.45, 7) is 4.16. The normalized spacial score (nSPS) is 12.2. The molecule has 1 atom stereocenters. The molecular weight excluding hydrogens is 252 g/mol. The molecule has 0 aliphatic carbocycles. The maximum Gasteiger partial charge on any atom is 0.335 e. The summed E-state index contributed by atoms with van der Waals surface area (Å²) in [5.41, 5.74) is 1.27.